The van der Waals surface area contributed by atoms with Crippen LogP contribution in [0.1, 0.15) is 31.0 Å². The maximum absolute atomic E-state index is 5.79. The first-order valence-electron chi connectivity index (χ1n) is 5.27. The molecule has 1 saturated carbocycles. The summed E-state index contributed by atoms with van der Waals surface area (Å²) >= 11 is 0. The highest BCUT2D eigenvalue weighted by Crippen LogP contribution is 2.45. The van der Waals surface area contributed by atoms with E-state index in [9.17, 15) is 0 Å². The number of rotatable bonds is 5. The lowest BCUT2D eigenvalue weighted by atomic mass is 10.2. The van der Waals surface area contributed by atoms with Crippen molar-refractivity contribution in [2.45, 2.75) is 31.7 Å². The minimum Gasteiger partial charge on any atom is -0.383 e. The van der Waals surface area contributed by atoms with Crippen LogP contribution >= 0.6 is 0 Å². The Balaban J connectivity index is 1.89. The SMILES string of the molecule is COCC(N)Cc1nc(C2CC2C)no1. The summed E-state index contributed by atoms with van der Waals surface area (Å²) in [5.41, 5.74) is 5.79. The van der Waals surface area contributed by atoms with Gasteiger partial charge in [0.1, 0.15) is 0 Å². The molecule has 0 spiro atoms. The zero-order chi connectivity index (χ0) is 10.8. The number of ether oxygens (including phenoxy) is 1. The molecule has 0 bridgehead atoms. The Morgan fingerprint density at radius 3 is 3.00 bits per heavy atom. The first-order chi connectivity index (χ1) is 7.20. The molecule has 1 aromatic heterocycles. The third-order valence-electron chi connectivity index (χ3n) is 2.74. The maximum atomic E-state index is 5.79. The molecule has 84 valence electrons. The van der Waals surface area contributed by atoms with Crippen LogP contribution in [0.3, 0.4) is 0 Å². The second-order valence-electron chi connectivity index (χ2n) is 4.29. The minimum absolute atomic E-state index is 0.0695. The molecule has 1 aromatic rings. The predicted octanol–water partition coefficient (Wildman–Crippen LogP) is 0.709. The molecule has 2 rings (SSSR count). The molecule has 1 heterocycles. The van der Waals surface area contributed by atoms with E-state index in [2.05, 4.69) is 17.1 Å². The molecule has 0 radical (unpaired) electrons. The largest absolute Gasteiger partial charge is 0.383 e. The Labute approximate surface area is 89.0 Å². The maximum Gasteiger partial charge on any atom is 0.228 e. The third-order valence-corrected chi connectivity index (χ3v) is 2.74. The highest BCUT2D eigenvalue weighted by molar-refractivity contribution is 5.07. The van der Waals surface area contributed by atoms with Crippen molar-refractivity contribution in [3.8, 4) is 0 Å². The van der Waals surface area contributed by atoms with Crippen LogP contribution in [0.5, 0.6) is 0 Å². The summed E-state index contributed by atoms with van der Waals surface area (Å²) in [4.78, 5) is 4.33. The van der Waals surface area contributed by atoms with Gasteiger partial charge in [-0.15, -0.1) is 0 Å². The zero-order valence-electron chi connectivity index (χ0n) is 9.14. The van der Waals surface area contributed by atoms with Gasteiger partial charge in [-0.05, 0) is 12.3 Å². The molecule has 3 atom stereocenters. The van der Waals surface area contributed by atoms with Crippen LogP contribution in [0.4, 0.5) is 0 Å². The number of nitrogens with zero attached hydrogens (tertiary/aromatic N) is 2. The number of aromatic nitrogens is 2. The van der Waals surface area contributed by atoms with Gasteiger partial charge in [0.25, 0.3) is 0 Å². The van der Waals surface area contributed by atoms with Crippen molar-refractivity contribution in [3.05, 3.63) is 11.7 Å². The van der Waals surface area contributed by atoms with Crippen LogP contribution in [0, 0.1) is 5.92 Å². The average Bonchev–Trinajstić information content (AvgIpc) is 2.74. The van der Waals surface area contributed by atoms with E-state index in [0.29, 0.717) is 30.8 Å². The Bertz CT molecular complexity index is 326. The van der Waals surface area contributed by atoms with Crippen molar-refractivity contribution in [2.24, 2.45) is 11.7 Å². The molecule has 1 aliphatic rings. The summed E-state index contributed by atoms with van der Waals surface area (Å²) in [6.45, 7) is 2.70. The second kappa shape index (κ2) is 4.28. The lowest BCUT2D eigenvalue weighted by Crippen LogP contribution is -2.28. The molecule has 5 nitrogen and oxygen atoms in total. The molecular weight excluding hydrogens is 194 g/mol. The summed E-state index contributed by atoms with van der Waals surface area (Å²) in [6, 6.07) is -0.0695. The number of hydrogen-bond donors (Lipinski definition) is 1. The van der Waals surface area contributed by atoms with Crippen molar-refractivity contribution < 1.29 is 9.26 Å². The Morgan fingerprint density at radius 2 is 2.40 bits per heavy atom. The van der Waals surface area contributed by atoms with Gasteiger partial charge in [-0.3, -0.25) is 0 Å². The first kappa shape index (κ1) is 10.6. The van der Waals surface area contributed by atoms with Gasteiger partial charge in [0, 0.05) is 25.5 Å². The molecule has 0 saturated heterocycles. The van der Waals surface area contributed by atoms with Gasteiger partial charge in [0.2, 0.25) is 5.89 Å². The van der Waals surface area contributed by atoms with E-state index in [-0.39, 0.29) is 6.04 Å². The van der Waals surface area contributed by atoms with E-state index in [4.69, 9.17) is 15.0 Å². The fraction of sp³-hybridized carbons (Fsp3) is 0.800. The topological polar surface area (TPSA) is 74.2 Å². The second-order valence-corrected chi connectivity index (χ2v) is 4.29. The quantitative estimate of drug-likeness (QED) is 0.776. The smallest absolute Gasteiger partial charge is 0.228 e. The van der Waals surface area contributed by atoms with E-state index in [1.807, 2.05) is 0 Å². The van der Waals surface area contributed by atoms with Gasteiger partial charge in [-0.25, -0.2) is 0 Å². The van der Waals surface area contributed by atoms with Gasteiger partial charge in [0.15, 0.2) is 5.82 Å². The molecule has 15 heavy (non-hydrogen) atoms. The van der Waals surface area contributed by atoms with Crippen LogP contribution in [0.2, 0.25) is 0 Å². The number of methoxy groups -OCH3 is 1. The molecule has 2 N–H and O–H groups in total. The van der Waals surface area contributed by atoms with Crippen molar-refractivity contribution >= 4 is 0 Å². The van der Waals surface area contributed by atoms with Crippen molar-refractivity contribution in [3.63, 3.8) is 0 Å². The summed E-state index contributed by atoms with van der Waals surface area (Å²) in [5.74, 6) is 2.65. The van der Waals surface area contributed by atoms with Crippen molar-refractivity contribution in [1.29, 1.82) is 0 Å². The minimum atomic E-state index is -0.0695. The lowest BCUT2D eigenvalue weighted by Gasteiger charge is -2.05. The van der Waals surface area contributed by atoms with Crippen LogP contribution in [-0.2, 0) is 11.2 Å². The third kappa shape index (κ3) is 2.54. The summed E-state index contributed by atoms with van der Waals surface area (Å²) in [5, 5.41) is 3.96. The van der Waals surface area contributed by atoms with Crippen LogP contribution in [0.25, 0.3) is 0 Å². The molecule has 0 aliphatic heterocycles. The van der Waals surface area contributed by atoms with E-state index in [1.165, 1.54) is 6.42 Å². The molecule has 1 aliphatic carbocycles. The molecule has 5 heteroatoms. The summed E-state index contributed by atoms with van der Waals surface area (Å²) < 4.78 is 10.1. The van der Waals surface area contributed by atoms with Gasteiger partial charge in [-0.1, -0.05) is 12.1 Å². The molecule has 0 aromatic carbocycles. The van der Waals surface area contributed by atoms with E-state index in [1.54, 1.807) is 7.11 Å². The van der Waals surface area contributed by atoms with E-state index >= 15 is 0 Å². The van der Waals surface area contributed by atoms with Crippen molar-refractivity contribution in [2.75, 3.05) is 13.7 Å². The molecular formula is C10H17N3O2. The highest BCUT2D eigenvalue weighted by atomic mass is 16.5. The Hall–Kier alpha value is -0.940. The standard InChI is InChI=1S/C10H17N3O2/c1-6-3-8(6)10-12-9(15-13-10)4-7(11)5-14-2/h6-8H,3-5,11H2,1-2H3. The van der Waals surface area contributed by atoms with Crippen LogP contribution in [-0.4, -0.2) is 29.9 Å². The van der Waals surface area contributed by atoms with Gasteiger partial charge in [0.05, 0.1) is 6.61 Å². The zero-order valence-corrected chi connectivity index (χ0v) is 9.14. The number of nitrogens with two attached hydrogens (primary N) is 1. The van der Waals surface area contributed by atoms with Crippen LogP contribution in [0.15, 0.2) is 4.52 Å². The fourth-order valence-corrected chi connectivity index (χ4v) is 1.68. The Kier molecular flexibility index (Phi) is 3.02. The van der Waals surface area contributed by atoms with Crippen LogP contribution < -0.4 is 5.73 Å². The summed E-state index contributed by atoms with van der Waals surface area (Å²) in [6.07, 6.45) is 1.75. The first-order valence-corrected chi connectivity index (χ1v) is 5.27. The number of hydrogen-bond acceptors (Lipinski definition) is 5. The molecule has 0 amide bonds. The molecule has 3 unspecified atom stereocenters. The lowest BCUT2D eigenvalue weighted by molar-refractivity contribution is 0.176. The average molecular weight is 211 g/mol. The van der Waals surface area contributed by atoms with E-state index in [0.717, 1.165) is 5.82 Å². The predicted molar refractivity (Wildman–Crippen MR) is 54.4 cm³/mol. The van der Waals surface area contributed by atoms with Crippen molar-refractivity contribution in [1.82, 2.24) is 10.1 Å². The van der Waals surface area contributed by atoms with E-state index < -0.39 is 0 Å². The van der Waals surface area contributed by atoms with Gasteiger partial charge in [-0.2, -0.15) is 4.98 Å². The highest BCUT2D eigenvalue weighted by Gasteiger charge is 2.38. The monoisotopic (exact) mass is 211 g/mol. The summed E-state index contributed by atoms with van der Waals surface area (Å²) in [7, 11) is 1.63. The van der Waals surface area contributed by atoms with Gasteiger partial charge < -0.3 is 15.0 Å². The molecule has 1 fully saturated rings. The Morgan fingerprint density at radius 1 is 1.67 bits per heavy atom. The fourth-order valence-electron chi connectivity index (χ4n) is 1.68. The van der Waals surface area contributed by atoms with Gasteiger partial charge >= 0.3 is 0 Å². The normalized spacial score (nSPS) is 26.6.